The first-order chi connectivity index (χ1) is 20.1. The van der Waals surface area contributed by atoms with Crippen molar-refractivity contribution in [2.24, 2.45) is 0 Å². The predicted octanol–water partition coefficient (Wildman–Crippen LogP) is 12.1. The maximum absolute atomic E-state index is 12.6. The van der Waals surface area contributed by atoms with Gasteiger partial charge in [0.15, 0.2) is 0 Å². The minimum absolute atomic E-state index is 0.0115. The summed E-state index contributed by atoms with van der Waals surface area (Å²) in [4.78, 5) is 23.3. The lowest BCUT2D eigenvalue weighted by Crippen LogP contribution is -2.18. The molecule has 0 spiro atoms. The Morgan fingerprint density at radius 2 is 1.00 bits per heavy atom. The standard InChI is InChI=1S/C37H68O4/c1-3-5-7-9-11-13-15-16-17-19-21-26-30-34-37(40)41-35(32-28-24-22-25-29-33-36(38)39)31-27-23-20-18-14-12-10-8-6-4-2/h7,9,13,15,35H,3-6,8,10-12,14,16-34H2,1-2H3,(H,38,39)/b9-7-,15-13-. The van der Waals surface area contributed by atoms with Crippen LogP contribution in [-0.4, -0.2) is 23.1 Å². The van der Waals surface area contributed by atoms with Crippen molar-refractivity contribution in [2.75, 3.05) is 0 Å². The van der Waals surface area contributed by atoms with Crippen molar-refractivity contribution in [3.63, 3.8) is 0 Å². The van der Waals surface area contributed by atoms with Gasteiger partial charge in [-0.3, -0.25) is 9.59 Å². The first-order valence-electron chi connectivity index (χ1n) is 17.8. The molecule has 0 aliphatic heterocycles. The molecule has 0 saturated carbocycles. The van der Waals surface area contributed by atoms with E-state index in [0.717, 1.165) is 77.0 Å². The molecule has 0 fully saturated rings. The van der Waals surface area contributed by atoms with E-state index >= 15 is 0 Å². The zero-order valence-electron chi connectivity index (χ0n) is 27.4. The Morgan fingerprint density at radius 3 is 1.54 bits per heavy atom. The summed E-state index contributed by atoms with van der Waals surface area (Å²) in [5.74, 6) is -0.713. The molecule has 41 heavy (non-hydrogen) atoms. The van der Waals surface area contributed by atoms with Gasteiger partial charge < -0.3 is 9.84 Å². The van der Waals surface area contributed by atoms with E-state index in [2.05, 4.69) is 38.2 Å². The van der Waals surface area contributed by atoms with E-state index < -0.39 is 5.97 Å². The summed E-state index contributed by atoms with van der Waals surface area (Å²) in [5, 5.41) is 8.79. The number of allylic oxidation sites excluding steroid dienone is 4. The second kappa shape index (κ2) is 32.9. The lowest BCUT2D eigenvalue weighted by Gasteiger charge is -2.18. The topological polar surface area (TPSA) is 63.6 Å². The van der Waals surface area contributed by atoms with Gasteiger partial charge in [0.25, 0.3) is 0 Å². The molecule has 0 heterocycles. The quantitative estimate of drug-likeness (QED) is 0.0491. The Kier molecular flexibility index (Phi) is 31.7. The number of hydrogen-bond donors (Lipinski definition) is 1. The molecule has 0 aromatic heterocycles. The maximum Gasteiger partial charge on any atom is 0.306 e. The van der Waals surface area contributed by atoms with Crippen molar-refractivity contribution in [1.82, 2.24) is 0 Å². The number of unbranched alkanes of at least 4 members (excludes halogenated alkanes) is 19. The van der Waals surface area contributed by atoms with Crippen LogP contribution in [0, 0.1) is 0 Å². The lowest BCUT2D eigenvalue weighted by atomic mass is 10.0. The van der Waals surface area contributed by atoms with E-state index in [1.807, 2.05) is 0 Å². The number of carboxylic acids is 1. The number of carbonyl (C=O) groups excluding carboxylic acids is 1. The molecule has 4 heteroatoms. The van der Waals surface area contributed by atoms with Gasteiger partial charge in [0, 0.05) is 12.8 Å². The van der Waals surface area contributed by atoms with Gasteiger partial charge in [0.1, 0.15) is 6.10 Å². The molecule has 240 valence electrons. The van der Waals surface area contributed by atoms with Crippen LogP contribution in [0.2, 0.25) is 0 Å². The Morgan fingerprint density at radius 1 is 0.537 bits per heavy atom. The Hall–Kier alpha value is -1.58. The van der Waals surface area contributed by atoms with Crippen LogP contribution in [0.5, 0.6) is 0 Å². The number of ether oxygens (including phenoxy) is 1. The van der Waals surface area contributed by atoms with Crippen molar-refractivity contribution in [2.45, 2.75) is 200 Å². The molecule has 0 aliphatic rings. The first kappa shape index (κ1) is 39.4. The number of aliphatic carboxylic acids is 1. The van der Waals surface area contributed by atoms with Gasteiger partial charge >= 0.3 is 11.9 Å². The fourth-order valence-corrected chi connectivity index (χ4v) is 5.28. The summed E-state index contributed by atoms with van der Waals surface area (Å²) in [7, 11) is 0. The average molecular weight is 577 g/mol. The van der Waals surface area contributed by atoms with Gasteiger partial charge in [-0.2, -0.15) is 0 Å². The van der Waals surface area contributed by atoms with Gasteiger partial charge in [-0.15, -0.1) is 0 Å². The third kappa shape index (κ3) is 32.8. The fourth-order valence-electron chi connectivity index (χ4n) is 5.28. The molecular formula is C37H68O4. The Bertz CT molecular complexity index is 624. The summed E-state index contributed by atoms with van der Waals surface area (Å²) in [6.07, 6.45) is 40.4. The van der Waals surface area contributed by atoms with E-state index in [4.69, 9.17) is 9.84 Å². The Balaban J connectivity index is 4.07. The normalized spacial score (nSPS) is 12.4. The number of esters is 1. The lowest BCUT2D eigenvalue weighted by molar-refractivity contribution is -0.150. The smallest absolute Gasteiger partial charge is 0.306 e. The highest BCUT2D eigenvalue weighted by atomic mass is 16.5. The predicted molar refractivity (Wildman–Crippen MR) is 176 cm³/mol. The third-order valence-electron chi connectivity index (χ3n) is 7.91. The zero-order chi connectivity index (χ0) is 30.1. The van der Waals surface area contributed by atoms with Crippen LogP contribution >= 0.6 is 0 Å². The molecule has 4 nitrogen and oxygen atoms in total. The molecule has 1 N–H and O–H groups in total. The van der Waals surface area contributed by atoms with Gasteiger partial charge in [0.2, 0.25) is 0 Å². The molecule has 0 rings (SSSR count). The molecule has 0 bridgehead atoms. The molecule has 1 atom stereocenters. The third-order valence-corrected chi connectivity index (χ3v) is 7.91. The van der Waals surface area contributed by atoms with Crippen molar-refractivity contribution >= 4 is 11.9 Å². The monoisotopic (exact) mass is 577 g/mol. The zero-order valence-corrected chi connectivity index (χ0v) is 27.4. The summed E-state index contributed by atoms with van der Waals surface area (Å²) >= 11 is 0. The maximum atomic E-state index is 12.6. The van der Waals surface area contributed by atoms with Crippen LogP contribution in [-0.2, 0) is 14.3 Å². The minimum Gasteiger partial charge on any atom is -0.481 e. The molecule has 0 radical (unpaired) electrons. The average Bonchev–Trinajstić information content (AvgIpc) is 2.95. The van der Waals surface area contributed by atoms with Crippen molar-refractivity contribution in [3.05, 3.63) is 24.3 Å². The molecule has 0 saturated heterocycles. The van der Waals surface area contributed by atoms with Crippen molar-refractivity contribution in [3.8, 4) is 0 Å². The highest BCUT2D eigenvalue weighted by molar-refractivity contribution is 5.69. The van der Waals surface area contributed by atoms with E-state index in [1.54, 1.807) is 0 Å². The van der Waals surface area contributed by atoms with Crippen molar-refractivity contribution in [1.29, 1.82) is 0 Å². The van der Waals surface area contributed by atoms with Gasteiger partial charge in [-0.1, -0.05) is 141 Å². The SMILES string of the molecule is CCC/C=C\C/C=C\CCCCCCCC(=O)OC(CCCCCCCCCCCC)CCCCCCCC(=O)O. The second-order valence-corrected chi connectivity index (χ2v) is 12.1. The summed E-state index contributed by atoms with van der Waals surface area (Å²) in [6, 6.07) is 0. The highest BCUT2D eigenvalue weighted by Gasteiger charge is 2.14. The molecule has 1 unspecified atom stereocenters. The molecule has 0 amide bonds. The van der Waals surface area contributed by atoms with Crippen LogP contribution in [0.25, 0.3) is 0 Å². The number of carbonyl (C=O) groups is 2. The van der Waals surface area contributed by atoms with Crippen LogP contribution < -0.4 is 0 Å². The van der Waals surface area contributed by atoms with Crippen LogP contribution in [0.4, 0.5) is 0 Å². The largest absolute Gasteiger partial charge is 0.481 e. The van der Waals surface area contributed by atoms with Gasteiger partial charge in [-0.05, 0) is 64.2 Å². The molecule has 0 aliphatic carbocycles. The first-order valence-corrected chi connectivity index (χ1v) is 17.8. The highest BCUT2D eigenvalue weighted by Crippen LogP contribution is 2.19. The number of hydrogen-bond acceptors (Lipinski definition) is 3. The van der Waals surface area contributed by atoms with Gasteiger partial charge in [-0.25, -0.2) is 0 Å². The number of rotatable bonds is 32. The fraction of sp³-hybridized carbons (Fsp3) is 0.838. The van der Waals surface area contributed by atoms with Crippen molar-refractivity contribution < 1.29 is 19.4 Å². The molecular weight excluding hydrogens is 508 g/mol. The molecule has 0 aromatic rings. The summed E-state index contributed by atoms with van der Waals surface area (Å²) in [5.41, 5.74) is 0. The van der Waals surface area contributed by atoms with E-state index in [1.165, 1.54) is 89.9 Å². The van der Waals surface area contributed by atoms with E-state index in [0.29, 0.717) is 6.42 Å². The Labute approximate surface area is 255 Å². The molecule has 0 aromatic carbocycles. The minimum atomic E-state index is -0.702. The summed E-state index contributed by atoms with van der Waals surface area (Å²) in [6.45, 7) is 4.48. The van der Waals surface area contributed by atoms with Gasteiger partial charge in [0.05, 0.1) is 0 Å². The van der Waals surface area contributed by atoms with Crippen LogP contribution in [0.15, 0.2) is 24.3 Å². The van der Waals surface area contributed by atoms with Crippen LogP contribution in [0.1, 0.15) is 194 Å². The van der Waals surface area contributed by atoms with Crippen LogP contribution in [0.3, 0.4) is 0 Å². The number of carboxylic acid groups (broad SMARTS) is 1. The summed E-state index contributed by atoms with van der Waals surface area (Å²) < 4.78 is 5.97. The second-order valence-electron chi connectivity index (χ2n) is 12.1. The van der Waals surface area contributed by atoms with E-state index in [9.17, 15) is 9.59 Å². The van der Waals surface area contributed by atoms with E-state index in [-0.39, 0.29) is 18.5 Å².